The average Bonchev–Trinajstić information content (AvgIpc) is 2.53. The molecule has 0 radical (unpaired) electrons. The lowest BCUT2D eigenvalue weighted by Gasteiger charge is -2.19. The number of sulfone groups is 1. The number of anilines is 1. The lowest BCUT2D eigenvalue weighted by atomic mass is 10.2. The summed E-state index contributed by atoms with van der Waals surface area (Å²) in [7, 11) is -2.80. The molecule has 0 aliphatic carbocycles. The summed E-state index contributed by atoms with van der Waals surface area (Å²) in [5, 5.41) is 3.37. The van der Waals surface area contributed by atoms with Gasteiger partial charge in [0.05, 0.1) is 11.5 Å². The molecular weight excluding hydrogens is 260 g/mol. The van der Waals surface area contributed by atoms with Gasteiger partial charge < -0.3 is 10.2 Å². The summed E-state index contributed by atoms with van der Waals surface area (Å²) < 4.78 is 23.0. The predicted molar refractivity (Wildman–Crippen MR) is 79.4 cm³/mol. The summed E-state index contributed by atoms with van der Waals surface area (Å²) in [5.74, 6) is 0.645. The highest BCUT2D eigenvalue weighted by atomic mass is 32.2. The molecule has 1 heterocycles. The van der Waals surface area contributed by atoms with Crippen LogP contribution in [0, 0.1) is 6.92 Å². The maximum Gasteiger partial charge on any atom is 0.151 e. The zero-order valence-electron chi connectivity index (χ0n) is 11.4. The molecule has 1 fully saturated rings. The quantitative estimate of drug-likeness (QED) is 0.910. The van der Waals surface area contributed by atoms with Crippen LogP contribution in [0.5, 0.6) is 0 Å². The van der Waals surface area contributed by atoms with E-state index in [4.69, 9.17) is 0 Å². The van der Waals surface area contributed by atoms with Crippen LogP contribution in [0.25, 0.3) is 0 Å². The van der Waals surface area contributed by atoms with E-state index in [2.05, 4.69) is 41.4 Å². The fourth-order valence-corrected chi connectivity index (χ4v) is 3.55. The molecule has 0 aromatic heterocycles. The van der Waals surface area contributed by atoms with Gasteiger partial charge in [-0.05, 0) is 32.0 Å². The van der Waals surface area contributed by atoms with E-state index in [0.29, 0.717) is 18.1 Å². The van der Waals surface area contributed by atoms with Crippen molar-refractivity contribution >= 4 is 15.5 Å². The molecule has 0 spiro atoms. The van der Waals surface area contributed by atoms with Crippen molar-refractivity contribution in [3.05, 3.63) is 29.8 Å². The van der Waals surface area contributed by atoms with Gasteiger partial charge in [-0.2, -0.15) is 0 Å². The van der Waals surface area contributed by atoms with Crippen molar-refractivity contribution < 1.29 is 8.42 Å². The number of nitrogens with one attached hydrogen (secondary N) is 1. The first-order chi connectivity index (χ1) is 9.05. The molecule has 5 heteroatoms. The van der Waals surface area contributed by atoms with Gasteiger partial charge in [0.2, 0.25) is 0 Å². The van der Waals surface area contributed by atoms with Crippen LogP contribution >= 0.6 is 0 Å². The summed E-state index contributed by atoms with van der Waals surface area (Å²) in [4.78, 5) is 2.23. The smallest absolute Gasteiger partial charge is 0.151 e. The number of hydrogen-bond donors (Lipinski definition) is 1. The first-order valence-electron chi connectivity index (χ1n) is 6.78. The summed E-state index contributed by atoms with van der Waals surface area (Å²) in [5.41, 5.74) is 2.37. The van der Waals surface area contributed by atoms with E-state index in [0.717, 1.165) is 31.7 Å². The van der Waals surface area contributed by atoms with Crippen molar-refractivity contribution in [2.24, 2.45) is 0 Å². The molecule has 4 nitrogen and oxygen atoms in total. The molecule has 1 aliphatic rings. The molecule has 0 bridgehead atoms. The Morgan fingerprint density at radius 1 is 1.16 bits per heavy atom. The van der Waals surface area contributed by atoms with E-state index < -0.39 is 9.84 Å². The number of aryl methyl sites for hydroxylation is 1. The highest BCUT2D eigenvalue weighted by molar-refractivity contribution is 7.91. The third kappa shape index (κ3) is 4.84. The first-order valence-corrected chi connectivity index (χ1v) is 8.61. The molecule has 19 heavy (non-hydrogen) atoms. The third-order valence-electron chi connectivity index (χ3n) is 3.46. The third-order valence-corrected chi connectivity index (χ3v) is 5.17. The fraction of sp³-hybridized carbons (Fsp3) is 0.571. The van der Waals surface area contributed by atoms with E-state index >= 15 is 0 Å². The van der Waals surface area contributed by atoms with Crippen molar-refractivity contribution in [1.82, 2.24) is 4.90 Å². The van der Waals surface area contributed by atoms with E-state index in [-0.39, 0.29) is 0 Å². The van der Waals surface area contributed by atoms with Gasteiger partial charge in [-0.3, -0.25) is 0 Å². The van der Waals surface area contributed by atoms with Crippen LogP contribution in [0.4, 0.5) is 5.69 Å². The van der Waals surface area contributed by atoms with Gasteiger partial charge in [0, 0.05) is 25.3 Å². The Morgan fingerprint density at radius 2 is 1.89 bits per heavy atom. The lowest BCUT2D eigenvalue weighted by molar-refractivity contribution is 0.307. The van der Waals surface area contributed by atoms with E-state index in [1.165, 1.54) is 5.56 Å². The molecule has 1 aromatic rings. The van der Waals surface area contributed by atoms with Crippen molar-refractivity contribution in [3.63, 3.8) is 0 Å². The van der Waals surface area contributed by atoms with Gasteiger partial charge in [-0.25, -0.2) is 8.42 Å². The van der Waals surface area contributed by atoms with Crippen LogP contribution in [-0.4, -0.2) is 51.0 Å². The summed E-state index contributed by atoms with van der Waals surface area (Å²) >= 11 is 0. The molecule has 1 aliphatic heterocycles. The van der Waals surface area contributed by atoms with Gasteiger partial charge >= 0.3 is 0 Å². The van der Waals surface area contributed by atoms with E-state index in [9.17, 15) is 8.42 Å². The number of benzene rings is 1. The minimum absolute atomic E-state index is 0.303. The van der Waals surface area contributed by atoms with Crippen LogP contribution in [0.15, 0.2) is 24.3 Å². The Hall–Kier alpha value is -1.07. The van der Waals surface area contributed by atoms with Crippen molar-refractivity contribution in [1.29, 1.82) is 0 Å². The van der Waals surface area contributed by atoms with Crippen LogP contribution in [0.2, 0.25) is 0 Å². The number of nitrogens with zero attached hydrogens (tertiary/aromatic N) is 1. The molecule has 0 amide bonds. The van der Waals surface area contributed by atoms with Gasteiger partial charge in [-0.1, -0.05) is 17.7 Å². The number of hydrogen-bond acceptors (Lipinski definition) is 4. The molecule has 0 atom stereocenters. The van der Waals surface area contributed by atoms with Gasteiger partial charge in [-0.15, -0.1) is 0 Å². The Morgan fingerprint density at radius 3 is 2.63 bits per heavy atom. The Kier molecular flexibility index (Phi) is 4.82. The highest BCUT2D eigenvalue weighted by Gasteiger charge is 2.18. The maximum absolute atomic E-state index is 11.5. The largest absolute Gasteiger partial charge is 0.384 e. The van der Waals surface area contributed by atoms with Crippen LogP contribution in [0.3, 0.4) is 0 Å². The minimum atomic E-state index is -2.80. The zero-order chi connectivity index (χ0) is 13.7. The van der Waals surface area contributed by atoms with Crippen LogP contribution in [0.1, 0.15) is 12.0 Å². The Balaban J connectivity index is 1.75. The SMILES string of the molecule is Cc1ccc(NCCN2CCCS(=O)(=O)CC2)cc1. The minimum Gasteiger partial charge on any atom is -0.384 e. The lowest BCUT2D eigenvalue weighted by Crippen LogP contribution is -2.31. The van der Waals surface area contributed by atoms with Crippen LogP contribution in [-0.2, 0) is 9.84 Å². The molecule has 0 unspecified atom stereocenters. The van der Waals surface area contributed by atoms with Gasteiger partial charge in [0.1, 0.15) is 0 Å². The zero-order valence-corrected chi connectivity index (χ0v) is 12.2. The first kappa shape index (κ1) is 14.3. The summed E-state index contributed by atoms with van der Waals surface area (Å²) in [6.45, 7) is 5.36. The predicted octanol–water partition coefficient (Wildman–Crippen LogP) is 1.53. The summed E-state index contributed by atoms with van der Waals surface area (Å²) in [6, 6.07) is 8.31. The highest BCUT2D eigenvalue weighted by Crippen LogP contribution is 2.09. The molecular formula is C14H22N2O2S. The second-order valence-corrected chi connectivity index (χ2v) is 7.44. The maximum atomic E-state index is 11.5. The number of rotatable bonds is 4. The average molecular weight is 282 g/mol. The second-order valence-electron chi connectivity index (χ2n) is 5.14. The molecule has 1 saturated heterocycles. The van der Waals surface area contributed by atoms with Crippen molar-refractivity contribution in [2.45, 2.75) is 13.3 Å². The fourth-order valence-electron chi connectivity index (χ4n) is 2.24. The molecule has 1 aromatic carbocycles. The van der Waals surface area contributed by atoms with Gasteiger partial charge in [0.15, 0.2) is 9.84 Å². The second kappa shape index (κ2) is 6.39. The molecule has 0 saturated carbocycles. The van der Waals surface area contributed by atoms with Gasteiger partial charge in [0.25, 0.3) is 0 Å². The monoisotopic (exact) mass is 282 g/mol. The normalized spacial score (nSPS) is 19.8. The van der Waals surface area contributed by atoms with E-state index in [1.54, 1.807) is 0 Å². The van der Waals surface area contributed by atoms with Crippen molar-refractivity contribution in [2.75, 3.05) is 43.0 Å². The Bertz CT molecular complexity index is 497. The Labute approximate surface area is 115 Å². The topological polar surface area (TPSA) is 49.4 Å². The molecule has 2 rings (SSSR count). The molecule has 1 N–H and O–H groups in total. The summed E-state index contributed by atoms with van der Waals surface area (Å²) in [6.07, 6.45) is 0.757. The molecule has 106 valence electrons. The standard InChI is InChI=1S/C14H22N2O2S/c1-13-3-5-14(6-4-13)15-7-9-16-8-2-11-19(17,18)12-10-16/h3-6,15H,2,7-12H2,1H3. The van der Waals surface area contributed by atoms with E-state index in [1.807, 2.05) is 0 Å². The van der Waals surface area contributed by atoms with Crippen molar-refractivity contribution in [3.8, 4) is 0 Å². The van der Waals surface area contributed by atoms with Crippen LogP contribution < -0.4 is 5.32 Å².